The first kappa shape index (κ1) is 26.1. The largest absolute Gasteiger partial charge is 0.326 e. The Hall–Kier alpha value is -0.860. The lowest BCUT2D eigenvalue weighted by atomic mass is 10.0. The van der Waals surface area contributed by atoms with E-state index in [2.05, 4.69) is 25.9 Å². The van der Waals surface area contributed by atoms with Gasteiger partial charge in [0.1, 0.15) is 0 Å². The third kappa shape index (κ3) is 21.3. The molecule has 0 saturated carbocycles. The summed E-state index contributed by atoms with van der Waals surface area (Å²) in [7, 11) is 4.34. The Morgan fingerprint density at radius 3 is 1.37 bits per heavy atom. The number of unbranched alkanes of at least 4 members (excludes halogenated alkanes) is 13. The Labute approximate surface area is 170 Å². The van der Waals surface area contributed by atoms with Gasteiger partial charge in [0.25, 0.3) is 0 Å². The van der Waals surface area contributed by atoms with Gasteiger partial charge in [-0.05, 0) is 32.6 Å². The van der Waals surface area contributed by atoms with E-state index in [0.29, 0.717) is 6.54 Å². The van der Waals surface area contributed by atoms with Crippen molar-refractivity contribution in [3.05, 3.63) is 35.9 Å². The van der Waals surface area contributed by atoms with Crippen LogP contribution in [0.25, 0.3) is 0 Å². The van der Waals surface area contributed by atoms with Gasteiger partial charge in [-0.25, -0.2) is 0 Å². The highest BCUT2D eigenvalue weighted by Gasteiger charge is 1.94. The van der Waals surface area contributed by atoms with E-state index in [4.69, 9.17) is 5.73 Å². The number of hydrogen-bond acceptors (Lipinski definition) is 2. The van der Waals surface area contributed by atoms with Gasteiger partial charge in [-0.3, -0.25) is 0 Å². The highest BCUT2D eigenvalue weighted by molar-refractivity contribution is 5.13. The number of rotatable bonds is 16. The molecule has 2 nitrogen and oxygen atoms in total. The number of hydrogen-bond donors (Lipinski definition) is 1. The van der Waals surface area contributed by atoms with Gasteiger partial charge in [-0.15, -0.1) is 0 Å². The van der Waals surface area contributed by atoms with Gasteiger partial charge in [0, 0.05) is 6.54 Å². The molecule has 1 aromatic rings. The standard InChI is InChI=1S/C18H39N.C7H9N/c1-4-5-6-7-8-9-10-11-12-13-14-15-16-17-18-19(2)3;8-6-7-4-2-1-3-5-7/h4-18H2,1-3H3;1-5H,6,8H2. The molecule has 0 spiro atoms. The predicted molar refractivity (Wildman–Crippen MR) is 123 cm³/mol. The van der Waals surface area contributed by atoms with Crippen molar-refractivity contribution >= 4 is 0 Å². The van der Waals surface area contributed by atoms with Crippen LogP contribution in [-0.2, 0) is 6.54 Å². The van der Waals surface area contributed by atoms with Gasteiger partial charge in [0.2, 0.25) is 0 Å². The van der Waals surface area contributed by atoms with Crippen molar-refractivity contribution in [1.29, 1.82) is 0 Å². The Bertz CT molecular complexity index is 375. The molecule has 27 heavy (non-hydrogen) atoms. The van der Waals surface area contributed by atoms with E-state index in [0.717, 1.165) is 0 Å². The van der Waals surface area contributed by atoms with Crippen LogP contribution in [-0.4, -0.2) is 25.5 Å². The van der Waals surface area contributed by atoms with Crippen LogP contribution in [0.3, 0.4) is 0 Å². The molecule has 0 fully saturated rings. The fourth-order valence-electron chi connectivity index (χ4n) is 3.24. The first-order valence-electron chi connectivity index (χ1n) is 11.6. The van der Waals surface area contributed by atoms with Crippen molar-refractivity contribution in [2.75, 3.05) is 20.6 Å². The summed E-state index contributed by atoms with van der Waals surface area (Å²) in [6.45, 7) is 4.19. The average molecular weight is 377 g/mol. The molecule has 0 unspecified atom stereocenters. The van der Waals surface area contributed by atoms with Crippen molar-refractivity contribution in [1.82, 2.24) is 4.90 Å². The van der Waals surface area contributed by atoms with Gasteiger partial charge >= 0.3 is 0 Å². The zero-order valence-corrected chi connectivity index (χ0v) is 18.7. The van der Waals surface area contributed by atoms with Crippen LogP contribution in [0.2, 0.25) is 0 Å². The lowest BCUT2D eigenvalue weighted by Crippen LogP contribution is -2.12. The van der Waals surface area contributed by atoms with Gasteiger partial charge < -0.3 is 10.6 Å². The van der Waals surface area contributed by atoms with Crippen LogP contribution in [0.1, 0.15) is 102 Å². The summed E-state index contributed by atoms with van der Waals surface area (Å²) in [5.41, 5.74) is 6.54. The fraction of sp³-hybridized carbons (Fsp3) is 0.760. The molecular weight excluding hydrogens is 328 g/mol. The highest BCUT2D eigenvalue weighted by atomic mass is 15.0. The number of nitrogens with two attached hydrogens (primary N) is 1. The molecule has 0 amide bonds. The van der Waals surface area contributed by atoms with E-state index >= 15 is 0 Å². The summed E-state index contributed by atoms with van der Waals surface area (Å²) < 4.78 is 0. The number of benzene rings is 1. The van der Waals surface area contributed by atoms with Crippen molar-refractivity contribution in [3.63, 3.8) is 0 Å². The minimum atomic E-state index is 0.640. The van der Waals surface area contributed by atoms with E-state index < -0.39 is 0 Å². The van der Waals surface area contributed by atoms with Crippen LogP contribution in [0, 0.1) is 0 Å². The van der Waals surface area contributed by atoms with Gasteiger partial charge in [0.05, 0.1) is 0 Å². The molecule has 0 aliphatic carbocycles. The molecule has 158 valence electrons. The Morgan fingerprint density at radius 1 is 0.630 bits per heavy atom. The molecule has 0 heterocycles. The lowest BCUT2D eigenvalue weighted by molar-refractivity contribution is 0.389. The predicted octanol–water partition coefficient (Wildman–Crippen LogP) is 7.17. The summed E-state index contributed by atoms with van der Waals surface area (Å²) in [6.07, 6.45) is 20.3. The molecular formula is C25H48N2. The first-order valence-corrected chi connectivity index (χ1v) is 11.6. The summed E-state index contributed by atoms with van der Waals surface area (Å²) in [5, 5.41) is 0. The topological polar surface area (TPSA) is 29.3 Å². The van der Waals surface area contributed by atoms with E-state index in [-0.39, 0.29) is 0 Å². The van der Waals surface area contributed by atoms with Crippen molar-refractivity contribution < 1.29 is 0 Å². The summed E-state index contributed by atoms with van der Waals surface area (Å²) >= 11 is 0. The number of nitrogens with zero attached hydrogens (tertiary/aromatic N) is 1. The summed E-state index contributed by atoms with van der Waals surface area (Å²) in [5.74, 6) is 0. The molecule has 0 aromatic heterocycles. The van der Waals surface area contributed by atoms with Crippen LogP contribution in [0.5, 0.6) is 0 Å². The van der Waals surface area contributed by atoms with Crippen LogP contribution < -0.4 is 5.73 Å². The Morgan fingerprint density at radius 2 is 1.04 bits per heavy atom. The normalized spacial score (nSPS) is 10.7. The minimum Gasteiger partial charge on any atom is -0.326 e. The molecule has 2 heteroatoms. The molecule has 0 aliphatic heterocycles. The Kier molecular flexibility index (Phi) is 20.8. The van der Waals surface area contributed by atoms with E-state index in [1.165, 1.54) is 102 Å². The molecule has 2 N–H and O–H groups in total. The monoisotopic (exact) mass is 376 g/mol. The van der Waals surface area contributed by atoms with E-state index in [1.807, 2.05) is 30.3 Å². The Balaban J connectivity index is 0.000000694. The van der Waals surface area contributed by atoms with Crippen LogP contribution in [0.15, 0.2) is 30.3 Å². The molecule has 0 aliphatic rings. The SMILES string of the molecule is CCCCCCCCCCCCCCCCN(C)C.NCc1ccccc1. The fourth-order valence-corrected chi connectivity index (χ4v) is 3.24. The second kappa shape index (κ2) is 21.4. The molecule has 1 aromatic carbocycles. The third-order valence-corrected chi connectivity index (χ3v) is 5.04. The molecule has 0 radical (unpaired) electrons. The van der Waals surface area contributed by atoms with Gasteiger partial charge in [-0.1, -0.05) is 121 Å². The van der Waals surface area contributed by atoms with Gasteiger partial charge in [0.15, 0.2) is 0 Å². The maximum absolute atomic E-state index is 5.35. The molecule has 0 atom stereocenters. The maximum atomic E-state index is 5.35. The molecule has 1 rings (SSSR count). The lowest BCUT2D eigenvalue weighted by Gasteiger charge is -2.08. The van der Waals surface area contributed by atoms with Crippen LogP contribution >= 0.6 is 0 Å². The minimum absolute atomic E-state index is 0.640. The zero-order chi connectivity index (χ0) is 20.0. The zero-order valence-electron chi connectivity index (χ0n) is 18.7. The van der Waals surface area contributed by atoms with E-state index in [1.54, 1.807) is 0 Å². The summed E-state index contributed by atoms with van der Waals surface area (Å²) in [6, 6.07) is 9.99. The summed E-state index contributed by atoms with van der Waals surface area (Å²) in [4.78, 5) is 2.29. The average Bonchev–Trinajstić information content (AvgIpc) is 2.69. The van der Waals surface area contributed by atoms with Crippen molar-refractivity contribution in [2.24, 2.45) is 5.73 Å². The second-order valence-electron chi connectivity index (χ2n) is 8.09. The van der Waals surface area contributed by atoms with E-state index in [9.17, 15) is 0 Å². The van der Waals surface area contributed by atoms with Crippen molar-refractivity contribution in [3.8, 4) is 0 Å². The second-order valence-corrected chi connectivity index (χ2v) is 8.09. The smallest absolute Gasteiger partial charge is 0.0178 e. The quantitative estimate of drug-likeness (QED) is 0.310. The van der Waals surface area contributed by atoms with Crippen molar-refractivity contribution in [2.45, 2.75) is 103 Å². The third-order valence-electron chi connectivity index (χ3n) is 5.04. The molecule has 0 bridgehead atoms. The maximum Gasteiger partial charge on any atom is 0.0178 e. The van der Waals surface area contributed by atoms with Crippen LogP contribution in [0.4, 0.5) is 0 Å². The van der Waals surface area contributed by atoms with Gasteiger partial charge in [-0.2, -0.15) is 0 Å². The first-order chi connectivity index (χ1) is 13.2. The highest BCUT2D eigenvalue weighted by Crippen LogP contribution is 2.12. The molecule has 0 saturated heterocycles.